The van der Waals surface area contributed by atoms with Gasteiger partial charge in [0.25, 0.3) is 0 Å². The molecular weight excluding hydrogens is 278 g/mol. The number of halogens is 1. The number of fused-ring (bicyclic) bond motifs is 1. The van der Waals surface area contributed by atoms with Gasteiger partial charge in [0.2, 0.25) is 0 Å². The van der Waals surface area contributed by atoms with Crippen molar-refractivity contribution in [3.8, 4) is 0 Å². The molecule has 21 heavy (non-hydrogen) atoms. The monoisotopic (exact) mass is 299 g/mol. The van der Waals surface area contributed by atoms with Crippen LogP contribution in [0.4, 0.5) is 0 Å². The maximum atomic E-state index is 5.93. The van der Waals surface area contributed by atoms with Gasteiger partial charge in [-0.15, -0.1) is 0 Å². The molecule has 1 atom stereocenters. The Balaban J connectivity index is 1.61. The molecule has 0 aliphatic heterocycles. The zero-order valence-corrected chi connectivity index (χ0v) is 13.1. The summed E-state index contributed by atoms with van der Waals surface area (Å²) >= 11 is 5.93. The summed E-state index contributed by atoms with van der Waals surface area (Å²) in [5.74, 6) is 0. The molecule has 0 spiro atoms. The lowest BCUT2D eigenvalue weighted by molar-refractivity contribution is 0.493. The molecule has 0 saturated heterocycles. The number of hydrogen-bond donors (Lipinski definition) is 1. The fourth-order valence-electron chi connectivity index (χ4n) is 3.18. The van der Waals surface area contributed by atoms with Crippen LogP contribution >= 0.6 is 11.6 Å². The Hall–Kier alpha value is -1.31. The van der Waals surface area contributed by atoms with E-state index in [1.165, 1.54) is 42.4 Å². The highest BCUT2D eigenvalue weighted by Crippen LogP contribution is 2.28. The lowest BCUT2D eigenvalue weighted by atomic mass is 9.99. The maximum absolute atomic E-state index is 5.93. The van der Waals surface area contributed by atoms with E-state index in [0.29, 0.717) is 6.04 Å². The van der Waals surface area contributed by atoms with Crippen molar-refractivity contribution in [2.75, 3.05) is 6.54 Å². The predicted molar refractivity (Wildman–Crippen MR) is 89.9 cm³/mol. The zero-order chi connectivity index (χ0) is 14.5. The van der Waals surface area contributed by atoms with Gasteiger partial charge in [-0.1, -0.05) is 54.4 Å². The van der Waals surface area contributed by atoms with Crippen molar-refractivity contribution in [1.82, 2.24) is 5.32 Å². The minimum absolute atomic E-state index is 0.510. The van der Waals surface area contributed by atoms with Gasteiger partial charge in [-0.3, -0.25) is 0 Å². The van der Waals surface area contributed by atoms with Crippen LogP contribution in [0, 0.1) is 0 Å². The van der Waals surface area contributed by atoms with Gasteiger partial charge in [-0.25, -0.2) is 0 Å². The van der Waals surface area contributed by atoms with E-state index in [4.69, 9.17) is 11.6 Å². The van der Waals surface area contributed by atoms with Crippen molar-refractivity contribution >= 4 is 11.6 Å². The van der Waals surface area contributed by atoms with Crippen LogP contribution < -0.4 is 5.32 Å². The third kappa shape index (κ3) is 3.87. The molecule has 0 bridgehead atoms. The Morgan fingerprint density at radius 2 is 1.81 bits per heavy atom. The summed E-state index contributed by atoms with van der Waals surface area (Å²) < 4.78 is 0. The minimum atomic E-state index is 0.510. The lowest BCUT2D eigenvalue weighted by Gasteiger charge is -2.19. The average Bonchev–Trinajstić information content (AvgIpc) is 2.72. The van der Waals surface area contributed by atoms with Crippen LogP contribution in [-0.2, 0) is 12.8 Å². The molecular formula is C19H22ClN. The molecule has 2 aromatic rings. The first-order valence-corrected chi connectivity index (χ1v) is 8.26. The Kier molecular flexibility index (Phi) is 4.95. The van der Waals surface area contributed by atoms with Crippen LogP contribution in [0.25, 0.3) is 0 Å². The molecule has 1 aliphatic rings. The van der Waals surface area contributed by atoms with E-state index in [1.54, 1.807) is 0 Å². The second-order valence-corrected chi connectivity index (χ2v) is 6.26. The van der Waals surface area contributed by atoms with Crippen LogP contribution in [0.5, 0.6) is 0 Å². The van der Waals surface area contributed by atoms with E-state index in [2.05, 4.69) is 41.7 Å². The Morgan fingerprint density at radius 3 is 2.67 bits per heavy atom. The topological polar surface area (TPSA) is 12.0 Å². The molecule has 110 valence electrons. The molecule has 1 aliphatic carbocycles. The maximum Gasteiger partial charge on any atom is 0.0406 e. The number of nitrogens with one attached hydrogen (secondary N) is 1. The smallest absolute Gasteiger partial charge is 0.0406 e. The van der Waals surface area contributed by atoms with E-state index in [0.717, 1.165) is 18.0 Å². The lowest BCUT2D eigenvalue weighted by Crippen LogP contribution is -2.24. The molecule has 2 heteroatoms. The van der Waals surface area contributed by atoms with Gasteiger partial charge >= 0.3 is 0 Å². The van der Waals surface area contributed by atoms with Crippen LogP contribution in [-0.4, -0.2) is 6.54 Å². The fraction of sp³-hybridized carbons (Fsp3) is 0.368. The molecule has 0 fully saturated rings. The molecule has 0 saturated carbocycles. The van der Waals surface area contributed by atoms with Gasteiger partial charge in [-0.05, 0) is 61.1 Å². The van der Waals surface area contributed by atoms with Crippen LogP contribution in [0.3, 0.4) is 0 Å². The van der Waals surface area contributed by atoms with E-state index in [-0.39, 0.29) is 0 Å². The second kappa shape index (κ2) is 7.11. The average molecular weight is 300 g/mol. The zero-order valence-electron chi connectivity index (χ0n) is 12.3. The molecule has 0 amide bonds. The van der Waals surface area contributed by atoms with Crippen molar-refractivity contribution in [2.24, 2.45) is 0 Å². The largest absolute Gasteiger partial charge is 0.310 e. The molecule has 1 nitrogen and oxygen atoms in total. The highest BCUT2D eigenvalue weighted by atomic mass is 35.5. The van der Waals surface area contributed by atoms with Gasteiger partial charge in [0.1, 0.15) is 0 Å². The van der Waals surface area contributed by atoms with E-state index < -0.39 is 0 Å². The summed E-state index contributed by atoms with van der Waals surface area (Å²) in [7, 11) is 0. The minimum Gasteiger partial charge on any atom is -0.310 e. The Bertz CT molecular complexity index is 576. The summed E-state index contributed by atoms with van der Waals surface area (Å²) in [5.41, 5.74) is 4.37. The second-order valence-electron chi connectivity index (χ2n) is 5.83. The van der Waals surface area contributed by atoms with Crippen LogP contribution in [0.1, 0.15) is 42.0 Å². The number of hydrogen-bond acceptors (Lipinski definition) is 1. The highest BCUT2D eigenvalue weighted by Gasteiger charge is 2.17. The summed E-state index contributed by atoms with van der Waals surface area (Å²) in [6.45, 7) is 1.01. The van der Waals surface area contributed by atoms with Crippen molar-refractivity contribution in [3.63, 3.8) is 0 Å². The first kappa shape index (κ1) is 14.6. The van der Waals surface area contributed by atoms with Gasteiger partial charge in [0.15, 0.2) is 0 Å². The quantitative estimate of drug-likeness (QED) is 0.789. The third-order valence-corrected chi connectivity index (χ3v) is 4.59. The van der Waals surface area contributed by atoms with Gasteiger partial charge < -0.3 is 5.32 Å². The summed E-state index contributed by atoms with van der Waals surface area (Å²) in [4.78, 5) is 0. The fourth-order valence-corrected chi connectivity index (χ4v) is 3.30. The standard InChI is InChI=1S/C19H22ClN/c20-17-11-9-15(10-12-17)13-14-21-19-8-4-2-6-16-5-1-3-7-18(16)19/h1,3,5,7,9-12,19,21H,2,4,6,8,13-14H2. The Morgan fingerprint density at radius 1 is 1.00 bits per heavy atom. The van der Waals surface area contributed by atoms with Crippen molar-refractivity contribution in [2.45, 2.75) is 38.1 Å². The first-order valence-electron chi connectivity index (χ1n) is 7.88. The normalized spacial score (nSPS) is 18.0. The number of benzene rings is 2. The first-order chi connectivity index (χ1) is 10.3. The van der Waals surface area contributed by atoms with Crippen molar-refractivity contribution in [1.29, 1.82) is 0 Å². The van der Waals surface area contributed by atoms with Crippen molar-refractivity contribution < 1.29 is 0 Å². The summed E-state index contributed by atoms with van der Waals surface area (Å²) in [6, 6.07) is 17.6. The molecule has 2 aromatic carbocycles. The number of aryl methyl sites for hydroxylation is 1. The van der Waals surface area contributed by atoms with Crippen LogP contribution in [0.15, 0.2) is 48.5 Å². The number of rotatable bonds is 4. The SMILES string of the molecule is Clc1ccc(CCNC2CCCCc3ccccc32)cc1. The predicted octanol–water partition coefficient (Wildman–Crippen LogP) is 4.94. The van der Waals surface area contributed by atoms with Crippen LogP contribution in [0.2, 0.25) is 5.02 Å². The molecule has 3 rings (SSSR count). The molecule has 1 N–H and O–H groups in total. The highest BCUT2D eigenvalue weighted by molar-refractivity contribution is 6.30. The molecule has 0 heterocycles. The Labute approximate surface area is 132 Å². The van der Waals surface area contributed by atoms with Gasteiger partial charge in [0.05, 0.1) is 0 Å². The molecule has 0 aromatic heterocycles. The third-order valence-electron chi connectivity index (χ3n) is 4.34. The van der Waals surface area contributed by atoms with Gasteiger partial charge in [0, 0.05) is 11.1 Å². The summed E-state index contributed by atoms with van der Waals surface area (Å²) in [5, 5.41) is 4.56. The molecule has 1 unspecified atom stereocenters. The van der Waals surface area contributed by atoms with E-state index >= 15 is 0 Å². The summed E-state index contributed by atoms with van der Waals surface area (Å²) in [6.07, 6.45) is 6.15. The van der Waals surface area contributed by atoms with Crippen molar-refractivity contribution in [3.05, 3.63) is 70.2 Å². The molecule has 0 radical (unpaired) electrons. The van der Waals surface area contributed by atoms with E-state index in [9.17, 15) is 0 Å². The van der Waals surface area contributed by atoms with E-state index in [1.807, 2.05) is 12.1 Å². The van der Waals surface area contributed by atoms with Gasteiger partial charge in [-0.2, -0.15) is 0 Å².